The lowest BCUT2D eigenvalue weighted by Crippen LogP contribution is -2.28. The molecule has 0 bridgehead atoms. The Hall–Kier alpha value is -0.640. The molecule has 3 atom stereocenters. The maximum atomic E-state index is 10.0. The zero-order chi connectivity index (χ0) is 14.0. The fourth-order valence-electron chi connectivity index (χ4n) is 1.79. The van der Waals surface area contributed by atoms with Crippen LogP contribution in [-0.2, 0) is 0 Å². The van der Waals surface area contributed by atoms with Crippen LogP contribution in [0.15, 0.2) is 24.3 Å². The third kappa shape index (κ3) is 6.94. The Balaban J connectivity index is 4.15. The summed E-state index contributed by atoms with van der Waals surface area (Å²) in [5, 5.41) is 28.0. The van der Waals surface area contributed by atoms with E-state index in [4.69, 9.17) is 5.11 Å². The predicted molar refractivity (Wildman–Crippen MR) is 75.3 cm³/mol. The zero-order valence-corrected chi connectivity index (χ0v) is 11.7. The largest absolute Gasteiger partial charge is 0.396 e. The molecule has 0 aromatic heterocycles. The van der Waals surface area contributed by atoms with Crippen molar-refractivity contribution in [2.75, 3.05) is 13.2 Å². The predicted octanol–water partition coefficient (Wildman–Crippen LogP) is 2.28. The van der Waals surface area contributed by atoms with Crippen LogP contribution < -0.4 is 0 Å². The van der Waals surface area contributed by atoms with Crippen LogP contribution in [-0.4, -0.2) is 34.6 Å². The molecule has 0 saturated carbocycles. The van der Waals surface area contributed by atoms with Gasteiger partial charge in [-0.1, -0.05) is 44.6 Å². The summed E-state index contributed by atoms with van der Waals surface area (Å²) in [5.41, 5.74) is 1.06. The molecule has 0 heterocycles. The summed E-state index contributed by atoms with van der Waals surface area (Å²) in [5.74, 6) is -0.0185. The van der Waals surface area contributed by atoms with Gasteiger partial charge in [-0.2, -0.15) is 0 Å². The van der Waals surface area contributed by atoms with Gasteiger partial charge < -0.3 is 15.3 Å². The quantitative estimate of drug-likeness (QED) is 0.526. The molecule has 3 heteroatoms. The molecule has 0 aromatic rings. The summed E-state index contributed by atoms with van der Waals surface area (Å²) in [6, 6.07) is 0. The summed E-state index contributed by atoms with van der Waals surface area (Å²) in [6.07, 6.45) is 6.53. The molecule has 0 aromatic carbocycles. The van der Waals surface area contributed by atoms with Gasteiger partial charge in [0, 0.05) is 12.5 Å². The molecule has 18 heavy (non-hydrogen) atoms. The van der Waals surface area contributed by atoms with E-state index in [9.17, 15) is 10.2 Å². The number of hydrogen-bond donors (Lipinski definition) is 3. The van der Waals surface area contributed by atoms with Crippen LogP contribution in [0.1, 0.15) is 39.5 Å². The highest BCUT2D eigenvalue weighted by molar-refractivity contribution is 5.04. The molecule has 0 aliphatic rings. The topological polar surface area (TPSA) is 60.7 Å². The van der Waals surface area contributed by atoms with Crippen molar-refractivity contribution >= 4 is 0 Å². The van der Waals surface area contributed by atoms with Crippen LogP contribution in [0.2, 0.25) is 0 Å². The number of hydrogen-bond acceptors (Lipinski definition) is 3. The van der Waals surface area contributed by atoms with Crippen LogP contribution in [0.4, 0.5) is 0 Å². The molecule has 3 nitrogen and oxygen atoms in total. The molecular weight excluding hydrogens is 228 g/mol. The first kappa shape index (κ1) is 17.4. The highest BCUT2D eigenvalue weighted by Gasteiger charge is 2.20. The summed E-state index contributed by atoms with van der Waals surface area (Å²) in [6.45, 7) is 8.09. The second-order valence-electron chi connectivity index (χ2n) is 4.93. The van der Waals surface area contributed by atoms with Gasteiger partial charge in [-0.15, -0.1) is 0 Å². The van der Waals surface area contributed by atoms with E-state index < -0.39 is 6.10 Å². The van der Waals surface area contributed by atoms with Crippen LogP contribution in [0.5, 0.6) is 0 Å². The maximum absolute atomic E-state index is 10.0. The van der Waals surface area contributed by atoms with Gasteiger partial charge >= 0.3 is 0 Å². The van der Waals surface area contributed by atoms with Gasteiger partial charge in [0.25, 0.3) is 0 Å². The van der Waals surface area contributed by atoms with Crippen molar-refractivity contribution in [3.05, 3.63) is 24.3 Å². The van der Waals surface area contributed by atoms with Gasteiger partial charge in [0.05, 0.1) is 12.7 Å². The Morgan fingerprint density at radius 2 is 2.00 bits per heavy atom. The first-order valence-electron chi connectivity index (χ1n) is 6.79. The van der Waals surface area contributed by atoms with Gasteiger partial charge in [-0.25, -0.2) is 0 Å². The Morgan fingerprint density at radius 3 is 2.50 bits per heavy atom. The molecule has 3 N–H and O–H groups in total. The highest BCUT2D eigenvalue weighted by atomic mass is 16.3. The minimum atomic E-state index is -0.498. The fourth-order valence-corrected chi connectivity index (χ4v) is 1.79. The first-order valence-corrected chi connectivity index (χ1v) is 6.79. The van der Waals surface area contributed by atoms with E-state index in [1.165, 1.54) is 0 Å². The van der Waals surface area contributed by atoms with Crippen LogP contribution >= 0.6 is 0 Å². The van der Waals surface area contributed by atoms with Crippen LogP contribution in [0.25, 0.3) is 0 Å². The minimum absolute atomic E-state index is 0.0366. The monoisotopic (exact) mass is 256 g/mol. The Bertz CT molecular complexity index is 248. The number of rotatable bonds is 10. The molecule has 106 valence electrons. The average molecular weight is 256 g/mol. The molecular formula is C15H28O3. The standard InChI is InChI=1S/C15H28O3/c1-4-13(3)15(18)14(11-17)9-5-7-12(2)8-6-10-16/h5,9,13-18H,2,4,6-8,10-11H2,1,3H3/b9-5+/t13-,14+,15+/m0/s1. The Labute approximate surface area is 111 Å². The third-order valence-corrected chi connectivity index (χ3v) is 3.35. The molecule has 0 unspecified atom stereocenters. The summed E-state index contributed by atoms with van der Waals surface area (Å²) in [4.78, 5) is 0. The Kier molecular flexibility index (Phi) is 9.93. The summed E-state index contributed by atoms with van der Waals surface area (Å²) >= 11 is 0. The maximum Gasteiger partial charge on any atom is 0.0650 e. The molecule has 0 saturated heterocycles. The second-order valence-corrected chi connectivity index (χ2v) is 4.93. The third-order valence-electron chi connectivity index (χ3n) is 3.35. The molecule has 0 aliphatic carbocycles. The lowest BCUT2D eigenvalue weighted by Gasteiger charge is -2.23. The van der Waals surface area contributed by atoms with Gasteiger partial charge in [0.15, 0.2) is 0 Å². The summed E-state index contributed by atoms with van der Waals surface area (Å²) in [7, 11) is 0. The van der Waals surface area contributed by atoms with Crippen molar-refractivity contribution in [3.63, 3.8) is 0 Å². The van der Waals surface area contributed by atoms with Crippen molar-refractivity contribution < 1.29 is 15.3 Å². The van der Waals surface area contributed by atoms with E-state index in [0.29, 0.717) is 0 Å². The van der Waals surface area contributed by atoms with Gasteiger partial charge in [-0.3, -0.25) is 0 Å². The molecule has 0 radical (unpaired) electrons. The van der Waals surface area contributed by atoms with E-state index in [-0.39, 0.29) is 25.0 Å². The highest BCUT2D eigenvalue weighted by Crippen LogP contribution is 2.18. The van der Waals surface area contributed by atoms with Gasteiger partial charge in [0.2, 0.25) is 0 Å². The number of aliphatic hydroxyl groups is 3. The normalized spacial score (nSPS) is 16.7. The van der Waals surface area contributed by atoms with Crippen LogP contribution in [0.3, 0.4) is 0 Å². The molecule has 0 aliphatic heterocycles. The van der Waals surface area contributed by atoms with Crippen molar-refractivity contribution in [3.8, 4) is 0 Å². The summed E-state index contributed by atoms with van der Waals surface area (Å²) < 4.78 is 0. The van der Waals surface area contributed by atoms with Gasteiger partial charge in [0.1, 0.15) is 0 Å². The molecule has 0 fully saturated rings. The Morgan fingerprint density at radius 1 is 1.33 bits per heavy atom. The van der Waals surface area contributed by atoms with Crippen molar-refractivity contribution in [2.45, 2.75) is 45.6 Å². The number of allylic oxidation sites excluding steroid dienone is 2. The van der Waals surface area contributed by atoms with Crippen LogP contribution in [0, 0.1) is 11.8 Å². The van der Waals surface area contributed by atoms with Gasteiger partial charge in [-0.05, 0) is 25.2 Å². The van der Waals surface area contributed by atoms with E-state index in [1.807, 2.05) is 26.0 Å². The SMILES string of the molecule is C=C(C/C=C/[C@H](CO)[C@H](O)[C@@H](C)CC)CCCO. The fraction of sp³-hybridized carbons (Fsp3) is 0.733. The van der Waals surface area contributed by atoms with E-state index >= 15 is 0 Å². The second kappa shape index (κ2) is 10.3. The molecule has 0 spiro atoms. The number of aliphatic hydroxyl groups excluding tert-OH is 3. The average Bonchev–Trinajstić information content (AvgIpc) is 2.39. The van der Waals surface area contributed by atoms with E-state index in [2.05, 4.69) is 6.58 Å². The van der Waals surface area contributed by atoms with Crippen molar-refractivity contribution in [1.29, 1.82) is 0 Å². The minimum Gasteiger partial charge on any atom is -0.396 e. The van der Waals surface area contributed by atoms with Crippen molar-refractivity contribution in [2.24, 2.45) is 11.8 Å². The van der Waals surface area contributed by atoms with E-state index in [0.717, 1.165) is 31.3 Å². The lowest BCUT2D eigenvalue weighted by atomic mass is 9.90. The smallest absolute Gasteiger partial charge is 0.0650 e. The lowest BCUT2D eigenvalue weighted by molar-refractivity contribution is 0.0481. The molecule has 0 amide bonds. The zero-order valence-electron chi connectivity index (χ0n) is 11.7. The van der Waals surface area contributed by atoms with Crippen molar-refractivity contribution in [1.82, 2.24) is 0 Å². The molecule has 0 rings (SSSR count). The van der Waals surface area contributed by atoms with E-state index in [1.54, 1.807) is 0 Å². The first-order chi connectivity index (χ1) is 8.56.